The second kappa shape index (κ2) is 5.05. The van der Waals surface area contributed by atoms with E-state index in [4.69, 9.17) is 4.74 Å². The number of rotatable bonds is 3. The predicted octanol–water partition coefficient (Wildman–Crippen LogP) is 1.89. The Balaban J connectivity index is 1.52. The van der Waals surface area contributed by atoms with Crippen LogP contribution in [0.4, 0.5) is 10.5 Å². The zero-order valence-corrected chi connectivity index (χ0v) is 12.5. The van der Waals surface area contributed by atoms with E-state index in [9.17, 15) is 4.79 Å². The van der Waals surface area contributed by atoms with Crippen LogP contribution in [-0.2, 0) is 6.54 Å². The van der Waals surface area contributed by atoms with Crippen LogP contribution in [0.15, 0.2) is 36.7 Å². The standard InChI is InChI=1S/C16H18N4O2/c1-12-17-6-7-18(12)8-9-19-10-13-11-22-15-5-3-2-4-14(15)20(13)16(19)21/h2-7,13H,8-11H2,1H3. The number of hydrogen-bond donors (Lipinski definition) is 0. The highest BCUT2D eigenvalue weighted by molar-refractivity contribution is 5.97. The van der Waals surface area contributed by atoms with Gasteiger partial charge in [-0.3, -0.25) is 4.90 Å². The van der Waals surface area contributed by atoms with Crippen molar-refractivity contribution in [2.45, 2.75) is 19.5 Å². The number of anilines is 1. The number of fused-ring (bicyclic) bond motifs is 3. The highest BCUT2D eigenvalue weighted by Crippen LogP contribution is 2.36. The minimum absolute atomic E-state index is 0.0681. The van der Waals surface area contributed by atoms with Crippen molar-refractivity contribution in [3.05, 3.63) is 42.5 Å². The van der Waals surface area contributed by atoms with E-state index in [1.54, 1.807) is 6.20 Å². The fraction of sp³-hybridized carbons (Fsp3) is 0.375. The first-order valence-electron chi connectivity index (χ1n) is 7.52. The van der Waals surface area contributed by atoms with Crippen molar-refractivity contribution in [3.63, 3.8) is 0 Å². The Hall–Kier alpha value is -2.50. The number of aryl methyl sites for hydroxylation is 1. The minimum atomic E-state index is 0.0681. The number of amides is 2. The van der Waals surface area contributed by atoms with Gasteiger partial charge in [0.05, 0.1) is 11.7 Å². The maximum absolute atomic E-state index is 12.7. The summed E-state index contributed by atoms with van der Waals surface area (Å²) >= 11 is 0. The van der Waals surface area contributed by atoms with Gasteiger partial charge in [-0.1, -0.05) is 12.1 Å². The number of carbonyl (C=O) groups is 1. The Morgan fingerprint density at radius 2 is 2.18 bits per heavy atom. The first kappa shape index (κ1) is 13.2. The molecule has 114 valence electrons. The van der Waals surface area contributed by atoms with Crippen molar-refractivity contribution in [1.29, 1.82) is 0 Å². The van der Waals surface area contributed by atoms with Gasteiger partial charge in [0.15, 0.2) is 0 Å². The lowest BCUT2D eigenvalue weighted by Gasteiger charge is -2.30. The molecule has 4 rings (SSSR count). The summed E-state index contributed by atoms with van der Waals surface area (Å²) in [6, 6.07) is 7.90. The molecule has 3 heterocycles. The zero-order chi connectivity index (χ0) is 15.1. The van der Waals surface area contributed by atoms with Crippen molar-refractivity contribution in [1.82, 2.24) is 14.5 Å². The Bertz CT molecular complexity index is 712. The van der Waals surface area contributed by atoms with Crippen LogP contribution in [0.25, 0.3) is 0 Å². The van der Waals surface area contributed by atoms with Gasteiger partial charge in [-0.05, 0) is 19.1 Å². The van der Waals surface area contributed by atoms with Gasteiger partial charge < -0.3 is 14.2 Å². The maximum Gasteiger partial charge on any atom is 0.325 e. The van der Waals surface area contributed by atoms with E-state index >= 15 is 0 Å². The Morgan fingerprint density at radius 3 is 3.00 bits per heavy atom. The number of benzene rings is 1. The van der Waals surface area contributed by atoms with E-state index in [1.165, 1.54) is 0 Å². The summed E-state index contributed by atoms with van der Waals surface area (Å²) < 4.78 is 7.83. The number of nitrogens with zero attached hydrogens (tertiary/aromatic N) is 4. The predicted molar refractivity (Wildman–Crippen MR) is 82.1 cm³/mol. The summed E-state index contributed by atoms with van der Waals surface area (Å²) in [5.41, 5.74) is 0.880. The Labute approximate surface area is 128 Å². The molecule has 0 aliphatic carbocycles. The van der Waals surface area contributed by atoms with Crippen molar-refractivity contribution >= 4 is 11.7 Å². The number of carbonyl (C=O) groups excluding carboxylic acids is 1. The van der Waals surface area contributed by atoms with Crippen LogP contribution in [-0.4, -0.2) is 46.2 Å². The molecule has 2 amide bonds. The molecule has 2 aliphatic rings. The summed E-state index contributed by atoms with van der Waals surface area (Å²) in [7, 11) is 0. The van der Waals surface area contributed by atoms with Crippen LogP contribution in [0.5, 0.6) is 5.75 Å². The summed E-state index contributed by atoms with van der Waals surface area (Å²) in [5, 5.41) is 0. The molecule has 1 saturated heterocycles. The molecule has 6 heteroatoms. The van der Waals surface area contributed by atoms with Gasteiger partial charge in [-0.15, -0.1) is 0 Å². The molecule has 0 bridgehead atoms. The van der Waals surface area contributed by atoms with Gasteiger partial charge in [0.25, 0.3) is 0 Å². The molecule has 2 aliphatic heterocycles. The van der Waals surface area contributed by atoms with Crippen molar-refractivity contribution in [3.8, 4) is 5.75 Å². The second-order valence-corrected chi connectivity index (χ2v) is 5.70. The first-order valence-corrected chi connectivity index (χ1v) is 7.52. The minimum Gasteiger partial charge on any atom is -0.489 e. The molecule has 2 aromatic rings. The summed E-state index contributed by atoms with van der Waals surface area (Å²) in [6.07, 6.45) is 3.73. The molecule has 1 unspecified atom stereocenters. The van der Waals surface area contributed by atoms with Gasteiger partial charge in [0, 0.05) is 32.0 Å². The van der Waals surface area contributed by atoms with Gasteiger partial charge in [-0.2, -0.15) is 0 Å². The molecule has 1 aromatic carbocycles. The molecular formula is C16H18N4O2. The smallest absolute Gasteiger partial charge is 0.325 e. The SMILES string of the molecule is Cc1nccn1CCN1CC2COc3ccccc3N2C1=O. The number of aromatic nitrogens is 2. The largest absolute Gasteiger partial charge is 0.489 e. The van der Waals surface area contributed by atoms with Gasteiger partial charge in [-0.25, -0.2) is 9.78 Å². The molecule has 1 atom stereocenters. The molecule has 0 spiro atoms. The van der Waals surface area contributed by atoms with Crippen molar-refractivity contribution in [2.75, 3.05) is 24.6 Å². The van der Waals surface area contributed by atoms with E-state index in [1.807, 2.05) is 47.2 Å². The third-order valence-corrected chi connectivity index (χ3v) is 4.36. The molecule has 6 nitrogen and oxygen atoms in total. The highest BCUT2D eigenvalue weighted by atomic mass is 16.5. The quantitative estimate of drug-likeness (QED) is 0.869. The summed E-state index contributed by atoms with van der Waals surface area (Å²) in [4.78, 5) is 20.7. The third-order valence-electron chi connectivity index (χ3n) is 4.36. The number of urea groups is 1. The zero-order valence-electron chi connectivity index (χ0n) is 12.5. The fourth-order valence-corrected chi connectivity index (χ4v) is 3.17. The van der Waals surface area contributed by atoms with Crippen LogP contribution < -0.4 is 9.64 Å². The van der Waals surface area contributed by atoms with Crippen molar-refractivity contribution < 1.29 is 9.53 Å². The lowest BCUT2D eigenvalue weighted by Crippen LogP contribution is -2.41. The third kappa shape index (κ3) is 2.03. The topological polar surface area (TPSA) is 50.6 Å². The number of ether oxygens (including phenoxy) is 1. The molecule has 1 fully saturated rings. The molecular weight excluding hydrogens is 280 g/mol. The molecule has 0 N–H and O–H groups in total. The molecule has 22 heavy (non-hydrogen) atoms. The van der Waals surface area contributed by atoms with Crippen LogP contribution in [0, 0.1) is 6.92 Å². The molecule has 0 saturated carbocycles. The lowest BCUT2D eigenvalue weighted by molar-refractivity contribution is 0.218. The van der Waals surface area contributed by atoms with Gasteiger partial charge in [0.2, 0.25) is 0 Å². The van der Waals surface area contributed by atoms with Crippen molar-refractivity contribution in [2.24, 2.45) is 0 Å². The first-order chi connectivity index (χ1) is 10.7. The second-order valence-electron chi connectivity index (χ2n) is 5.70. The number of imidazole rings is 1. The molecule has 0 radical (unpaired) electrons. The lowest BCUT2D eigenvalue weighted by atomic mass is 10.2. The fourth-order valence-electron chi connectivity index (χ4n) is 3.17. The van der Waals surface area contributed by atoms with Gasteiger partial charge in [0.1, 0.15) is 18.2 Å². The van der Waals surface area contributed by atoms with Crippen LogP contribution in [0.3, 0.4) is 0 Å². The summed E-state index contributed by atoms with van der Waals surface area (Å²) in [5.74, 6) is 1.76. The average Bonchev–Trinajstić information content (AvgIpc) is 3.09. The number of hydrogen-bond acceptors (Lipinski definition) is 3. The van der Waals surface area contributed by atoms with E-state index in [-0.39, 0.29) is 12.1 Å². The van der Waals surface area contributed by atoms with Gasteiger partial charge >= 0.3 is 6.03 Å². The Kier molecular flexibility index (Phi) is 3.03. The normalized spacial score (nSPS) is 19.9. The Morgan fingerprint density at radius 1 is 1.32 bits per heavy atom. The molecule has 1 aromatic heterocycles. The van der Waals surface area contributed by atoms with E-state index in [0.717, 1.165) is 23.8 Å². The van der Waals surface area contributed by atoms with Crippen LogP contribution in [0.2, 0.25) is 0 Å². The highest BCUT2D eigenvalue weighted by Gasteiger charge is 2.41. The summed E-state index contributed by atoms with van der Waals surface area (Å²) in [6.45, 7) is 4.69. The number of para-hydroxylation sites is 2. The average molecular weight is 298 g/mol. The van der Waals surface area contributed by atoms with E-state index in [0.29, 0.717) is 19.7 Å². The van der Waals surface area contributed by atoms with E-state index in [2.05, 4.69) is 9.55 Å². The van der Waals surface area contributed by atoms with Crippen LogP contribution >= 0.6 is 0 Å². The van der Waals surface area contributed by atoms with Crippen LogP contribution in [0.1, 0.15) is 5.82 Å². The monoisotopic (exact) mass is 298 g/mol. The van der Waals surface area contributed by atoms with E-state index < -0.39 is 0 Å². The maximum atomic E-state index is 12.7.